The topological polar surface area (TPSA) is 41.1 Å². The fourth-order valence-electron chi connectivity index (χ4n) is 2.74. The zero-order chi connectivity index (χ0) is 12.4. The van der Waals surface area contributed by atoms with Gasteiger partial charge < -0.3 is 10.6 Å². The van der Waals surface area contributed by atoms with Crippen LogP contribution in [0.4, 0.5) is 0 Å². The molecule has 1 aliphatic heterocycles. The normalized spacial score (nSPS) is 18.2. The molecule has 0 bridgehead atoms. The van der Waals surface area contributed by atoms with E-state index in [0.29, 0.717) is 12.5 Å². The maximum atomic E-state index is 11.8. The minimum absolute atomic E-state index is 0.211. The summed E-state index contributed by atoms with van der Waals surface area (Å²) in [5.74, 6) is 0.211. The van der Waals surface area contributed by atoms with E-state index in [2.05, 4.69) is 28.8 Å². The van der Waals surface area contributed by atoms with Gasteiger partial charge in [0.1, 0.15) is 0 Å². The van der Waals surface area contributed by atoms with Crippen molar-refractivity contribution >= 4 is 5.91 Å². The highest BCUT2D eigenvalue weighted by Gasteiger charge is 2.19. The molecule has 3 nitrogen and oxygen atoms in total. The van der Waals surface area contributed by atoms with Crippen molar-refractivity contribution in [1.29, 1.82) is 0 Å². The Labute approximate surface area is 108 Å². The fourth-order valence-corrected chi connectivity index (χ4v) is 2.74. The van der Waals surface area contributed by atoms with E-state index < -0.39 is 0 Å². The van der Waals surface area contributed by atoms with Gasteiger partial charge in [0, 0.05) is 25.6 Å². The first kappa shape index (κ1) is 11.7. The molecule has 3 heteroatoms. The van der Waals surface area contributed by atoms with Crippen LogP contribution in [0.25, 0.3) is 0 Å². The number of nitrogens with one attached hydrogen (secondary N) is 2. The lowest BCUT2D eigenvalue weighted by molar-refractivity contribution is -0.122. The van der Waals surface area contributed by atoms with Crippen molar-refractivity contribution in [2.24, 2.45) is 0 Å². The largest absolute Gasteiger partial charge is 0.353 e. The van der Waals surface area contributed by atoms with E-state index in [1.54, 1.807) is 0 Å². The van der Waals surface area contributed by atoms with Gasteiger partial charge in [-0.15, -0.1) is 0 Å². The van der Waals surface area contributed by atoms with Gasteiger partial charge in [-0.05, 0) is 42.4 Å². The second-order valence-corrected chi connectivity index (χ2v) is 5.35. The first-order valence-electron chi connectivity index (χ1n) is 6.92. The van der Waals surface area contributed by atoms with Crippen LogP contribution in [0.3, 0.4) is 0 Å². The highest BCUT2D eigenvalue weighted by Crippen LogP contribution is 2.21. The molecule has 1 fully saturated rings. The summed E-state index contributed by atoms with van der Waals surface area (Å²) in [7, 11) is 0. The highest BCUT2D eigenvalue weighted by atomic mass is 16.1. The van der Waals surface area contributed by atoms with Crippen molar-refractivity contribution in [3.63, 3.8) is 0 Å². The van der Waals surface area contributed by atoms with Crippen molar-refractivity contribution in [2.45, 2.75) is 51.2 Å². The number of carbonyl (C=O) groups is 1. The molecular formula is C15H20N2O. The third-order valence-electron chi connectivity index (χ3n) is 4.08. The Hall–Kier alpha value is -1.35. The number of hydrogen-bond donors (Lipinski definition) is 2. The summed E-state index contributed by atoms with van der Waals surface area (Å²) in [4.78, 5) is 11.8. The van der Waals surface area contributed by atoms with Gasteiger partial charge in [-0.1, -0.05) is 18.2 Å². The Morgan fingerprint density at radius 3 is 3.00 bits per heavy atom. The maximum absolute atomic E-state index is 11.8. The van der Waals surface area contributed by atoms with Crippen LogP contribution < -0.4 is 10.6 Å². The number of fused-ring (bicyclic) bond motifs is 1. The van der Waals surface area contributed by atoms with E-state index in [-0.39, 0.29) is 5.91 Å². The second-order valence-electron chi connectivity index (χ2n) is 5.35. The number of rotatable bonds is 4. The molecule has 0 spiro atoms. The van der Waals surface area contributed by atoms with Gasteiger partial charge in [-0.2, -0.15) is 0 Å². The van der Waals surface area contributed by atoms with Gasteiger partial charge in [0.25, 0.3) is 0 Å². The Bertz CT molecular complexity index is 452. The SMILES string of the molecule is O=C(CCc1cccc2c1CNC2)NC1CCC1. The predicted molar refractivity (Wildman–Crippen MR) is 71.1 cm³/mol. The molecule has 1 heterocycles. The number of amides is 1. The molecule has 3 rings (SSSR count). The van der Waals surface area contributed by atoms with Crippen molar-refractivity contribution in [2.75, 3.05) is 0 Å². The third kappa shape index (κ3) is 2.41. The maximum Gasteiger partial charge on any atom is 0.220 e. The first-order chi connectivity index (χ1) is 8.83. The number of hydrogen-bond acceptors (Lipinski definition) is 2. The number of aryl methyl sites for hydroxylation is 1. The van der Waals surface area contributed by atoms with Crippen molar-refractivity contribution in [3.8, 4) is 0 Å². The Morgan fingerprint density at radius 2 is 2.22 bits per heavy atom. The van der Waals surface area contributed by atoms with Gasteiger partial charge in [-0.3, -0.25) is 4.79 Å². The van der Waals surface area contributed by atoms with Crippen LogP contribution in [0.1, 0.15) is 42.4 Å². The van der Waals surface area contributed by atoms with Gasteiger partial charge in [0.05, 0.1) is 0 Å². The summed E-state index contributed by atoms with van der Waals surface area (Å²) in [6.07, 6.45) is 5.08. The molecule has 1 saturated carbocycles. The molecule has 1 aromatic carbocycles. The summed E-state index contributed by atoms with van der Waals surface area (Å²) in [6.45, 7) is 1.92. The molecule has 96 valence electrons. The first-order valence-corrected chi connectivity index (χ1v) is 6.92. The van der Waals surface area contributed by atoms with Crippen LogP contribution in [0, 0.1) is 0 Å². The molecular weight excluding hydrogens is 224 g/mol. The molecule has 2 aliphatic rings. The van der Waals surface area contributed by atoms with Gasteiger partial charge >= 0.3 is 0 Å². The predicted octanol–water partition coefficient (Wildman–Crippen LogP) is 1.89. The zero-order valence-corrected chi connectivity index (χ0v) is 10.7. The molecule has 1 amide bonds. The molecule has 1 aliphatic carbocycles. The smallest absolute Gasteiger partial charge is 0.220 e. The monoisotopic (exact) mass is 244 g/mol. The van der Waals surface area contributed by atoms with Crippen LogP contribution in [0.5, 0.6) is 0 Å². The number of carbonyl (C=O) groups excluding carboxylic acids is 1. The van der Waals surface area contributed by atoms with Gasteiger partial charge in [0.15, 0.2) is 0 Å². The third-order valence-corrected chi connectivity index (χ3v) is 4.08. The lowest BCUT2D eigenvalue weighted by Crippen LogP contribution is -2.39. The van der Waals surface area contributed by atoms with Crippen LogP contribution in [-0.4, -0.2) is 11.9 Å². The van der Waals surface area contributed by atoms with Crippen molar-refractivity contribution in [3.05, 3.63) is 34.9 Å². The summed E-state index contributed by atoms with van der Waals surface area (Å²) >= 11 is 0. The van der Waals surface area contributed by atoms with E-state index in [1.807, 2.05) is 0 Å². The quantitative estimate of drug-likeness (QED) is 0.849. The number of benzene rings is 1. The molecule has 1 aromatic rings. The summed E-state index contributed by atoms with van der Waals surface area (Å²) in [6, 6.07) is 6.89. The second kappa shape index (κ2) is 5.11. The van der Waals surface area contributed by atoms with Crippen molar-refractivity contribution in [1.82, 2.24) is 10.6 Å². The fraction of sp³-hybridized carbons (Fsp3) is 0.533. The van der Waals surface area contributed by atoms with Crippen LogP contribution in [0.15, 0.2) is 18.2 Å². The molecule has 0 atom stereocenters. The molecule has 0 saturated heterocycles. The lowest BCUT2D eigenvalue weighted by atomic mass is 9.93. The van der Waals surface area contributed by atoms with Crippen LogP contribution in [0.2, 0.25) is 0 Å². The standard InChI is InChI=1S/C15H20N2O/c18-15(17-13-5-2-6-13)8-7-11-3-1-4-12-9-16-10-14(11)12/h1,3-4,13,16H,2,5-10H2,(H,17,18). The van der Waals surface area contributed by atoms with E-state index in [0.717, 1.165) is 32.4 Å². The van der Waals surface area contributed by atoms with Gasteiger partial charge in [0.2, 0.25) is 5.91 Å². The van der Waals surface area contributed by atoms with Gasteiger partial charge in [-0.25, -0.2) is 0 Å². The minimum Gasteiger partial charge on any atom is -0.353 e. The summed E-state index contributed by atoms with van der Waals surface area (Å²) in [5.41, 5.74) is 4.14. The Kier molecular flexibility index (Phi) is 3.33. The molecule has 18 heavy (non-hydrogen) atoms. The Balaban J connectivity index is 1.56. The average Bonchev–Trinajstić information content (AvgIpc) is 2.80. The van der Waals surface area contributed by atoms with E-state index in [4.69, 9.17) is 0 Å². The zero-order valence-electron chi connectivity index (χ0n) is 10.7. The average molecular weight is 244 g/mol. The molecule has 2 N–H and O–H groups in total. The summed E-state index contributed by atoms with van der Waals surface area (Å²) in [5, 5.41) is 6.47. The lowest BCUT2D eigenvalue weighted by Gasteiger charge is -2.26. The highest BCUT2D eigenvalue weighted by molar-refractivity contribution is 5.76. The molecule has 0 radical (unpaired) electrons. The van der Waals surface area contributed by atoms with Crippen molar-refractivity contribution < 1.29 is 4.79 Å². The van der Waals surface area contributed by atoms with E-state index >= 15 is 0 Å². The van der Waals surface area contributed by atoms with Crippen LogP contribution >= 0.6 is 0 Å². The van der Waals surface area contributed by atoms with Crippen LogP contribution in [-0.2, 0) is 24.3 Å². The van der Waals surface area contributed by atoms with E-state index in [9.17, 15) is 4.79 Å². The minimum atomic E-state index is 0.211. The van der Waals surface area contributed by atoms with E-state index in [1.165, 1.54) is 23.1 Å². The molecule has 0 unspecified atom stereocenters. The Morgan fingerprint density at radius 1 is 1.33 bits per heavy atom. The molecule has 0 aromatic heterocycles. The summed E-state index contributed by atoms with van der Waals surface area (Å²) < 4.78 is 0.